The average molecular weight is 356 g/mol. The number of hydrogen-bond donors (Lipinski definition) is 1. The summed E-state index contributed by atoms with van der Waals surface area (Å²) in [5, 5.41) is 12.2. The molecule has 1 N–H and O–H groups in total. The van der Waals surface area contributed by atoms with Gasteiger partial charge in [0.05, 0.1) is 14.2 Å². The summed E-state index contributed by atoms with van der Waals surface area (Å²) in [4.78, 5) is 0. The van der Waals surface area contributed by atoms with Gasteiger partial charge >= 0.3 is 0 Å². The first-order valence-corrected chi connectivity index (χ1v) is 8.73. The third-order valence-electron chi connectivity index (χ3n) is 4.74. The zero-order valence-electron chi connectivity index (χ0n) is 15.3. The Balaban J connectivity index is 1.89. The van der Waals surface area contributed by atoms with Crippen LogP contribution in [-0.2, 0) is 0 Å². The van der Waals surface area contributed by atoms with Gasteiger partial charge in [0.15, 0.2) is 0 Å². The summed E-state index contributed by atoms with van der Waals surface area (Å²) in [6, 6.07) is 25.7. The maximum absolute atomic E-state index is 9.91. The Labute approximate surface area is 158 Å². The first kappa shape index (κ1) is 17.0. The second-order valence-corrected chi connectivity index (χ2v) is 6.39. The number of hydrogen-bond acceptors (Lipinski definition) is 3. The summed E-state index contributed by atoms with van der Waals surface area (Å²) >= 11 is 0. The Morgan fingerprint density at radius 2 is 1.26 bits per heavy atom. The van der Waals surface area contributed by atoms with Crippen molar-refractivity contribution in [1.82, 2.24) is 0 Å². The number of phenols is 1. The van der Waals surface area contributed by atoms with Crippen molar-refractivity contribution in [3.05, 3.63) is 78.9 Å². The van der Waals surface area contributed by atoms with Crippen LogP contribution in [0.5, 0.6) is 17.2 Å². The number of benzene rings is 4. The normalized spacial score (nSPS) is 10.7. The molecule has 4 aromatic rings. The van der Waals surface area contributed by atoms with E-state index in [2.05, 4.69) is 30.3 Å². The van der Waals surface area contributed by atoms with E-state index in [1.807, 2.05) is 36.4 Å². The summed E-state index contributed by atoms with van der Waals surface area (Å²) < 4.78 is 10.7. The first-order chi connectivity index (χ1) is 13.2. The molecule has 0 amide bonds. The van der Waals surface area contributed by atoms with Gasteiger partial charge in [0.2, 0.25) is 0 Å². The van der Waals surface area contributed by atoms with Crippen molar-refractivity contribution in [3.8, 4) is 39.5 Å². The molecular formula is C24H20O3. The summed E-state index contributed by atoms with van der Waals surface area (Å²) in [6.45, 7) is 0. The van der Waals surface area contributed by atoms with Gasteiger partial charge in [0, 0.05) is 0 Å². The van der Waals surface area contributed by atoms with Crippen molar-refractivity contribution in [2.24, 2.45) is 0 Å². The Morgan fingerprint density at radius 3 is 2.04 bits per heavy atom. The number of methoxy groups -OCH3 is 2. The monoisotopic (exact) mass is 356 g/mol. The van der Waals surface area contributed by atoms with E-state index in [0.29, 0.717) is 0 Å². The Hall–Kier alpha value is -3.46. The molecule has 0 aliphatic carbocycles. The molecule has 0 aliphatic heterocycles. The van der Waals surface area contributed by atoms with Crippen LogP contribution in [0, 0.1) is 0 Å². The van der Waals surface area contributed by atoms with Gasteiger partial charge in [0.1, 0.15) is 17.2 Å². The molecule has 134 valence electrons. The van der Waals surface area contributed by atoms with E-state index in [9.17, 15) is 5.11 Å². The van der Waals surface area contributed by atoms with E-state index in [-0.39, 0.29) is 5.75 Å². The van der Waals surface area contributed by atoms with Crippen LogP contribution in [0.4, 0.5) is 0 Å². The van der Waals surface area contributed by atoms with Gasteiger partial charge in [-0.15, -0.1) is 0 Å². The fraction of sp³-hybridized carbons (Fsp3) is 0.0833. The van der Waals surface area contributed by atoms with Crippen molar-refractivity contribution in [2.45, 2.75) is 0 Å². The zero-order chi connectivity index (χ0) is 18.8. The molecule has 0 unspecified atom stereocenters. The van der Waals surface area contributed by atoms with Crippen LogP contribution in [-0.4, -0.2) is 19.3 Å². The molecule has 4 rings (SSSR count). The molecule has 4 aromatic carbocycles. The van der Waals surface area contributed by atoms with Crippen molar-refractivity contribution in [3.63, 3.8) is 0 Å². The van der Waals surface area contributed by atoms with Crippen LogP contribution in [0.1, 0.15) is 0 Å². The number of ether oxygens (including phenoxy) is 2. The summed E-state index contributed by atoms with van der Waals surface area (Å²) in [5.41, 5.74) is 4.14. The highest BCUT2D eigenvalue weighted by molar-refractivity contribution is 5.92. The highest BCUT2D eigenvalue weighted by Gasteiger charge is 2.11. The van der Waals surface area contributed by atoms with E-state index < -0.39 is 0 Å². The smallest absolute Gasteiger partial charge is 0.119 e. The van der Waals surface area contributed by atoms with Gasteiger partial charge in [0.25, 0.3) is 0 Å². The molecule has 0 atom stereocenters. The molecule has 0 aromatic heterocycles. The van der Waals surface area contributed by atoms with Gasteiger partial charge in [-0.3, -0.25) is 0 Å². The van der Waals surface area contributed by atoms with Crippen LogP contribution < -0.4 is 9.47 Å². The first-order valence-electron chi connectivity index (χ1n) is 8.73. The van der Waals surface area contributed by atoms with E-state index in [1.54, 1.807) is 26.4 Å². The van der Waals surface area contributed by atoms with Crippen molar-refractivity contribution >= 4 is 10.8 Å². The Kier molecular flexibility index (Phi) is 4.43. The second kappa shape index (κ2) is 7.04. The van der Waals surface area contributed by atoms with Gasteiger partial charge in [-0.25, -0.2) is 0 Å². The van der Waals surface area contributed by atoms with Crippen molar-refractivity contribution in [1.29, 1.82) is 0 Å². The van der Waals surface area contributed by atoms with Crippen LogP contribution in [0.15, 0.2) is 78.9 Å². The van der Waals surface area contributed by atoms with Gasteiger partial charge < -0.3 is 14.6 Å². The third kappa shape index (κ3) is 3.32. The van der Waals surface area contributed by atoms with E-state index in [0.717, 1.165) is 44.5 Å². The molecule has 0 saturated heterocycles. The van der Waals surface area contributed by atoms with Crippen LogP contribution in [0.2, 0.25) is 0 Å². The van der Waals surface area contributed by atoms with E-state index in [4.69, 9.17) is 9.47 Å². The maximum Gasteiger partial charge on any atom is 0.119 e. The molecule has 0 fully saturated rings. The lowest BCUT2D eigenvalue weighted by Crippen LogP contribution is -1.89. The molecule has 0 aliphatic rings. The predicted molar refractivity (Wildman–Crippen MR) is 110 cm³/mol. The molecule has 3 nitrogen and oxygen atoms in total. The highest BCUT2D eigenvalue weighted by Crippen LogP contribution is 2.37. The molecule has 0 heterocycles. The fourth-order valence-electron chi connectivity index (χ4n) is 3.33. The molecule has 3 heteroatoms. The largest absolute Gasteiger partial charge is 0.508 e. The second-order valence-electron chi connectivity index (χ2n) is 6.39. The molecular weight excluding hydrogens is 336 g/mol. The van der Waals surface area contributed by atoms with Crippen LogP contribution >= 0.6 is 0 Å². The number of aromatic hydroxyl groups is 1. The maximum atomic E-state index is 9.91. The topological polar surface area (TPSA) is 38.7 Å². The number of phenolic OH excluding ortho intramolecular Hbond substituents is 1. The molecule has 0 saturated carbocycles. The Morgan fingerprint density at radius 1 is 0.593 bits per heavy atom. The molecule has 0 radical (unpaired) electrons. The summed E-state index contributed by atoms with van der Waals surface area (Å²) in [5.74, 6) is 1.87. The van der Waals surface area contributed by atoms with Gasteiger partial charge in [-0.2, -0.15) is 0 Å². The fourth-order valence-corrected chi connectivity index (χ4v) is 3.33. The van der Waals surface area contributed by atoms with Crippen molar-refractivity contribution < 1.29 is 14.6 Å². The zero-order valence-corrected chi connectivity index (χ0v) is 15.3. The minimum atomic E-state index is 0.242. The van der Waals surface area contributed by atoms with E-state index >= 15 is 0 Å². The highest BCUT2D eigenvalue weighted by atomic mass is 16.5. The van der Waals surface area contributed by atoms with E-state index in [1.165, 1.54) is 0 Å². The SMILES string of the molecule is COc1ccc(-c2ccc3cc(OC)ccc3c2)c(-c2cccc(O)c2)c1. The van der Waals surface area contributed by atoms with Gasteiger partial charge in [-0.05, 0) is 75.5 Å². The summed E-state index contributed by atoms with van der Waals surface area (Å²) in [7, 11) is 3.33. The lowest BCUT2D eigenvalue weighted by Gasteiger charge is -2.13. The minimum absolute atomic E-state index is 0.242. The average Bonchev–Trinajstić information content (AvgIpc) is 2.72. The number of fused-ring (bicyclic) bond motifs is 1. The number of rotatable bonds is 4. The standard InChI is InChI=1S/C24H20O3/c1-26-21-9-8-16-12-19(7-6-17(16)14-21)23-11-10-22(27-2)15-24(23)18-4-3-5-20(25)13-18/h3-15,25H,1-2H3. The predicted octanol–water partition coefficient (Wildman–Crippen LogP) is 5.90. The third-order valence-corrected chi connectivity index (χ3v) is 4.74. The quantitative estimate of drug-likeness (QED) is 0.495. The lowest BCUT2D eigenvalue weighted by molar-refractivity contribution is 0.415. The minimum Gasteiger partial charge on any atom is -0.508 e. The molecule has 27 heavy (non-hydrogen) atoms. The molecule has 0 bridgehead atoms. The van der Waals surface area contributed by atoms with Crippen LogP contribution in [0.3, 0.4) is 0 Å². The van der Waals surface area contributed by atoms with Crippen LogP contribution in [0.25, 0.3) is 33.0 Å². The summed E-state index contributed by atoms with van der Waals surface area (Å²) in [6.07, 6.45) is 0. The molecule has 0 spiro atoms. The lowest BCUT2D eigenvalue weighted by atomic mass is 9.93. The van der Waals surface area contributed by atoms with Gasteiger partial charge in [-0.1, -0.05) is 36.4 Å². The van der Waals surface area contributed by atoms with Crippen molar-refractivity contribution in [2.75, 3.05) is 14.2 Å². The Bertz CT molecular complexity index is 1120.